The first-order chi connectivity index (χ1) is 15.1. The van der Waals surface area contributed by atoms with Gasteiger partial charge in [-0.15, -0.1) is 0 Å². The van der Waals surface area contributed by atoms with Crippen LogP contribution in [-0.4, -0.2) is 25.8 Å². The van der Waals surface area contributed by atoms with Crippen molar-refractivity contribution in [1.82, 2.24) is 9.55 Å². The van der Waals surface area contributed by atoms with Crippen molar-refractivity contribution in [2.75, 3.05) is 0 Å². The summed E-state index contributed by atoms with van der Waals surface area (Å²) in [5.74, 6) is -0.617. The van der Waals surface area contributed by atoms with Gasteiger partial charge in [-0.25, -0.2) is 14.4 Å². The van der Waals surface area contributed by atoms with Crippen LogP contribution < -0.4 is 11.2 Å². The molecule has 0 aliphatic rings. The molecule has 0 atom stereocenters. The van der Waals surface area contributed by atoms with Gasteiger partial charge in [0, 0.05) is 21.2 Å². The lowest BCUT2D eigenvalue weighted by molar-refractivity contribution is -0.384. The zero-order valence-electron chi connectivity index (χ0n) is 17.3. The maximum Gasteiger partial charge on any atom is 0.335 e. The van der Waals surface area contributed by atoms with Crippen molar-refractivity contribution in [3.63, 3.8) is 0 Å². The maximum atomic E-state index is 12.5. The summed E-state index contributed by atoms with van der Waals surface area (Å²) in [6.07, 6.45) is 1.59. The van der Waals surface area contributed by atoms with Crippen molar-refractivity contribution < 1.29 is 10.0 Å². The smallest absolute Gasteiger partial charge is 0.335 e. The lowest BCUT2D eigenvalue weighted by atomic mass is 10.1. The summed E-state index contributed by atoms with van der Waals surface area (Å²) in [5.41, 5.74) is 0.226. The van der Waals surface area contributed by atoms with E-state index in [9.17, 15) is 24.8 Å². The molecular weight excluding hydrogens is 548 g/mol. The summed E-state index contributed by atoms with van der Waals surface area (Å²) in [7, 11) is 0. The monoisotopic (exact) mass is 564 g/mol. The number of aromatic nitrogens is 2. The molecule has 0 fully saturated rings. The van der Waals surface area contributed by atoms with Crippen molar-refractivity contribution in [2.24, 2.45) is 4.99 Å². The second-order valence-electron chi connectivity index (χ2n) is 6.95. The van der Waals surface area contributed by atoms with Gasteiger partial charge in [0.25, 0.3) is 11.2 Å². The van der Waals surface area contributed by atoms with Crippen LogP contribution in [0, 0.1) is 24.0 Å². The number of halogens is 2. The largest absolute Gasteiger partial charge is 0.493 e. The Morgan fingerprint density at radius 3 is 2.53 bits per heavy atom. The number of rotatable bonds is 5. The standard InChI is InChI=1S/C21H18Br2N4O5/c1-4-12-7-13(22)5-6-16(12)26-20(29)14(19(28)25-21(26)30)9-24-18-11(3)10(2)15(23)8-17(18)27(31)32/h5-9,29H,4H2,1-3H3,(H,25,28,30). The number of benzene rings is 2. The second-order valence-corrected chi connectivity index (χ2v) is 8.72. The fourth-order valence-electron chi connectivity index (χ4n) is 3.21. The van der Waals surface area contributed by atoms with Crippen LogP contribution in [0.4, 0.5) is 11.4 Å². The van der Waals surface area contributed by atoms with Crippen LogP contribution in [0.5, 0.6) is 5.88 Å². The molecular formula is C21H18Br2N4O5. The number of nitro groups is 1. The molecule has 0 saturated heterocycles. The molecule has 9 nitrogen and oxygen atoms in total. The highest BCUT2D eigenvalue weighted by atomic mass is 79.9. The molecule has 2 N–H and O–H groups in total. The Balaban J connectivity index is 2.25. The van der Waals surface area contributed by atoms with Crippen molar-refractivity contribution in [1.29, 1.82) is 0 Å². The van der Waals surface area contributed by atoms with Gasteiger partial charge in [0.15, 0.2) is 0 Å². The van der Waals surface area contributed by atoms with E-state index in [1.54, 1.807) is 32.0 Å². The number of nitrogens with one attached hydrogen (secondary N) is 1. The number of aromatic amines is 1. The molecule has 11 heteroatoms. The molecule has 0 aliphatic carbocycles. The molecule has 1 aromatic heterocycles. The van der Waals surface area contributed by atoms with Crippen LogP contribution in [0.1, 0.15) is 29.2 Å². The third-order valence-corrected chi connectivity index (χ3v) is 6.40. The van der Waals surface area contributed by atoms with Crippen LogP contribution in [0.2, 0.25) is 0 Å². The Morgan fingerprint density at radius 1 is 1.22 bits per heavy atom. The lowest BCUT2D eigenvalue weighted by Gasteiger charge is -2.14. The van der Waals surface area contributed by atoms with E-state index in [0.29, 0.717) is 22.1 Å². The topological polar surface area (TPSA) is 131 Å². The first-order valence-corrected chi connectivity index (χ1v) is 11.0. The fourth-order valence-corrected chi connectivity index (χ4v) is 4.13. The van der Waals surface area contributed by atoms with E-state index < -0.39 is 22.1 Å². The summed E-state index contributed by atoms with van der Waals surface area (Å²) < 4.78 is 2.32. The molecule has 0 saturated carbocycles. The summed E-state index contributed by atoms with van der Waals surface area (Å²) in [6.45, 7) is 5.33. The number of aromatic hydroxyl groups is 1. The van der Waals surface area contributed by atoms with Gasteiger partial charge in [0.1, 0.15) is 11.3 Å². The van der Waals surface area contributed by atoms with E-state index in [4.69, 9.17) is 0 Å². The Bertz CT molecular complexity index is 1390. The van der Waals surface area contributed by atoms with Gasteiger partial charge >= 0.3 is 5.69 Å². The molecule has 0 amide bonds. The first kappa shape index (κ1) is 23.6. The Hall–Kier alpha value is -3.05. The predicted octanol–water partition coefficient (Wildman–Crippen LogP) is 4.59. The molecule has 0 spiro atoms. The van der Waals surface area contributed by atoms with Crippen molar-refractivity contribution in [2.45, 2.75) is 27.2 Å². The van der Waals surface area contributed by atoms with E-state index in [-0.39, 0.29) is 16.9 Å². The molecule has 3 rings (SSSR count). The van der Waals surface area contributed by atoms with E-state index in [1.165, 1.54) is 6.07 Å². The van der Waals surface area contributed by atoms with Gasteiger partial charge in [-0.05, 0) is 55.2 Å². The van der Waals surface area contributed by atoms with Gasteiger partial charge in [-0.2, -0.15) is 0 Å². The molecule has 3 aromatic rings. The van der Waals surface area contributed by atoms with Crippen molar-refractivity contribution in [3.05, 3.63) is 86.4 Å². The first-order valence-electron chi connectivity index (χ1n) is 9.42. The number of aryl methyl sites for hydroxylation is 1. The quantitative estimate of drug-likeness (QED) is 0.265. The molecule has 0 unspecified atom stereocenters. The highest BCUT2D eigenvalue weighted by molar-refractivity contribution is 9.10. The fraction of sp³-hybridized carbons (Fsp3) is 0.190. The van der Waals surface area contributed by atoms with E-state index in [2.05, 4.69) is 41.8 Å². The molecule has 1 heterocycles. The lowest BCUT2D eigenvalue weighted by Crippen LogP contribution is -2.31. The predicted molar refractivity (Wildman–Crippen MR) is 129 cm³/mol. The minimum absolute atomic E-state index is 0.0464. The highest BCUT2D eigenvalue weighted by Crippen LogP contribution is 2.37. The number of hydrogen-bond acceptors (Lipinski definition) is 6. The summed E-state index contributed by atoms with van der Waals surface area (Å²) >= 11 is 6.66. The van der Waals surface area contributed by atoms with Gasteiger partial charge in [-0.3, -0.25) is 19.9 Å². The molecule has 166 valence electrons. The molecule has 0 aliphatic heterocycles. The van der Waals surface area contributed by atoms with Gasteiger partial charge in [-0.1, -0.05) is 38.8 Å². The zero-order valence-corrected chi connectivity index (χ0v) is 20.4. The number of aliphatic imine (C=N–C) groups is 1. The van der Waals surface area contributed by atoms with Crippen LogP contribution >= 0.6 is 31.9 Å². The minimum atomic E-state index is -0.864. The number of H-pyrrole nitrogens is 1. The average Bonchev–Trinajstić information content (AvgIpc) is 2.73. The van der Waals surface area contributed by atoms with E-state index >= 15 is 0 Å². The van der Waals surface area contributed by atoms with Crippen LogP contribution in [-0.2, 0) is 6.42 Å². The van der Waals surface area contributed by atoms with Crippen LogP contribution in [0.3, 0.4) is 0 Å². The van der Waals surface area contributed by atoms with E-state index in [1.807, 2.05) is 6.92 Å². The third kappa shape index (κ3) is 4.30. The Kier molecular flexibility index (Phi) is 6.79. The van der Waals surface area contributed by atoms with Crippen LogP contribution in [0.15, 0.2) is 47.8 Å². The highest BCUT2D eigenvalue weighted by Gasteiger charge is 2.21. The molecule has 0 bridgehead atoms. The second kappa shape index (κ2) is 9.21. The Labute approximate surface area is 198 Å². The number of nitro benzene ring substituents is 1. The summed E-state index contributed by atoms with van der Waals surface area (Å²) in [5, 5.41) is 22.3. The van der Waals surface area contributed by atoms with Gasteiger partial charge in [0.2, 0.25) is 5.88 Å². The molecule has 32 heavy (non-hydrogen) atoms. The summed E-state index contributed by atoms with van der Waals surface area (Å²) in [4.78, 5) is 42.2. The number of nitrogens with zero attached hydrogens (tertiary/aromatic N) is 3. The molecule has 2 aromatic carbocycles. The van der Waals surface area contributed by atoms with Gasteiger partial charge in [0.05, 0.1) is 10.6 Å². The van der Waals surface area contributed by atoms with Crippen LogP contribution in [0.25, 0.3) is 5.69 Å². The zero-order chi connectivity index (χ0) is 23.7. The maximum absolute atomic E-state index is 12.5. The van der Waals surface area contributed by atoms with Crippen molar-refractivity contribution in [3.8, 4) is 11.6 Å². The Morgan fingerprint density at radius 2 is 1.91 bits per heavy atom. The van der Waals surface area contributed by atoms with Crippen molar-refractivity contribution >= 4 is 49.4 Å². The SMILES string of the molecule is CCc1cc(Br)ccc1-n1c(O)c(C=Nc2c([N+](=O)[O-])cc(Br)c(C)c2C)c(=O)[nH]c1=O. The van der Waals surface area contributed by atoms with E-state index in [0.717, 1.165) is 26.4 Å². The third-order valence-electron chi connectivity index (χ3n) is 5.09. The normalized spacial score (nSPS) is 11.3. The summed E-state index contributed by atoms with van der Waals surface area (Å²) in [6, 6.07) is 6.47. The molecule has 0 radical (unpaired) electrons. The van der Waals surface area contributed by atoms with Gasteiger partial charge < -0.3 is 5.11 Å². The minimum Gasteiger partial charge on any atom is -0.493 e. The average molecular weight is 566 g/mol. The number of hydrogen-bond donors (Lipinski definition) is 2.